The van der Waals surface area contributed by atoms with Crippen LogP contribution >= 0.6 is 0 Å². The third kappa shape index (κ3) is 61.1. The molecular weight excluding hydrogens is 925 g/mol. The number of allylic oxidation sites excluding steroid dienone is 16. The monoisotopic (exact) mass is 1040 g/mol. The van der Waals surface area contributed by atoms with Gasteiger partial charge in [-0.2, -0.15) is 0 Å². The minimum Gasteiger partial charge on any atom is -0.462 e. The van der Waals surface area contributed by atoms with Gasteiger partial charge in [-0.1, -0.05) is 285 Å². The summed E-state index contributed by atoms with van der Waals surface area (Å²) in [5, 5.41) is 0. The van der Waals surface area contributed by atoms with Crippen molar-refractivity contribution in [3.63, 3.8) is 0 Å². The van der Waals surface area contributed by atoms with E-state index < -0.39 is 6.10 Å². The van der Waals surface area contributed by atoms with Crippen LogP contribution in [0.2, 0.25) is 0 Å². The Kier molecular flexibility index (Phi) is 59.8. The summed E-state index contributed by atoms with van der Waals surface area (Å²) in [5.41, 5.74) is 0. The van der Waals surface area contributed by atoms with Crippen molar-refractivity contribution in [3.8, 4) is 0 Å². The van der Waals surface area contributed by atoms with Gasteiger partial charge in [0.05, 0.1) is 0 Å². The fourth-order valence-corrected chi connectivity index (χ4v) is 8.84. The third-order valence-electron chi connectivity index (χ3n) is 13.6. The van der Waals surface area contributed by atoms with Gasteiger partial charge in [0.2, 0.25) is 0 Å². The lowest BCUT2D eigenvalue weighted by molar-refractivity contribution is -0.167. The Morgan fingerprint density at radius 2 is 0.547 bits per heavy atom. The lowest BCUT2D eigenvalue weighted by Gasteiger charge is -2.18. The number of hydrogen-bond donors (Lipinski definition) is 0. The summed E-state index contributed by atoms with van der Waals surface area (Å²) >= 11 is 0. The molecule has 0 bridgehead atoms. The molecule has 0 N–H and O–H groups in total. The van der Waals surface area contributed by atoms with E-state index in [2.05, 4.69) is 118 Å². The Labute approximate surface area is 464 Å². The van der Waals surface area contributed by atoms with Crippen LogP contribution in [0.3, 0.4) is 0 Å². The first kappa shape index (κ1) is 71.3. The molecule has 0 aromatic rings. The van der Waals surface area contributed by atoms with Gasteiger partial charge in [0.1, 0.15) is 13.2 Å². The Bertz CT molecular complexity index is 1480. The summed E-state index contributed by atoms with van der Waals surface area (Å²) in [5.74, 6) is -0.883. The van der Waals surface area contributed by atoms with Crippen molar-refractivity contribution >= 4 is 17.9 Å². The second-order valence-corrected chi connectivity index (χ2v) is 20.9. The zero-order valence-electron chi connectivity index (χ0n) is 49.3. The number of esters is 3. The van der Waals surface area contributed by atoms with Gasteiger partial charge in [0, 0.05) is 19.3 Å². The number of unbranched alkanes of at least 4 members (excludes halogenated alkanes) is 30. The minimum absolute atomic E-state index is 0.0783. The highest BCUT2D eigenvalue weighted by Gasteiger charge is 2.19. The standard InChI is InChI=1S/C69H118O6/c1-4-7-10-13-16-19-22-24-26-27-28-29-30-31-32-33-34-35-36-37-38-39-40-41-42-43-44-46-47-50-53-56-59-62-68(71)74-65-66(64-73-67(70)61-58-55-52-49-21-18-15-12-9-6-3)75-69(72)63-60-57-54-51-48-45-25-23-20-17-14-11-8-5-2/h7,10,12,15-16,19,24,26,28-29,31-32,34-35,37-38,66H,4-6,8-9,11,13-14,17-18,20-23,25,27,30,33,36,39-65H2,1-3H3/b10-7-,15-12-,19-16-,26-24-,29-28-,32-31-,35-34-,38-37-. The van der Waals surface area contributed by atoms with Crippen molar-refractivity contribution in [3.05, 3.63) is 97.2 Å². The van der Waals surface area contributed by atoms with Crippen molar-refractivity contribution in [2.24, 2.45) is 0 Å². The summed E-state index contributed by atoms with van der Waals surface area (Å²) in [4.78, 5) is 38.1. The second kappa shape index (κ2) is 62.9. The summed E-state index contributed by atoms with van der Waals surface area (Å²) in [6.45, 7) is 6.47. The van der Waals surface area contributed by atoms with Gasteiger partial charge in [-0.3, -0.25) is 14.4 Å². The third-order valence-corrected chi connectivity index (χ3v) is 13.6. The Hall–Kier alpha value is -3.67. The van der Waals surface area contributed by atoms with Crippen molar-refractivity contribution < 1.29 is 28.6 Å². The highest BCUT2D eigenvalue weighted by molar-refractivity contribution is 5.71. The molecule has 0 spiro atoms. The molecule has 0 saturated heterocycles. The summed E-state index contributed by atoms with van der Waals surface area (Å²) in [7, 11) is 0. The minimum atomic E-state index is -0.778. The van der Waals surface area contributed by atoms with Gasteiger partial charge in [0.25, 0.3) is 0 Å². The molecule has 1 unspecified atom stereocenters. The lowest BCUT2D eigenvalue weighted by Crippen LogP contribution is -2.30. The van der Waals surface area contributed by atoms with E-state index in [0.29, 0.717) is 19.3 Å². The maximum absolute atomic E-state index is 12.8. The van der Waals surface area contributed by atoms with Gasteiger partial charge in [-0.15, -0.1) is 0 Å². The zero-order chi connectivity index (χ0) is 54.3. The van der Waals surface area contributed by atoms with E-state index in [9.17, 15) is 14.4 Å². The van der Waals surface area contributed by atoms with E-state index in [1.165, 1.54) is 148 Å². The van der Waals surface area contributed by atoms with Crippen LogP contribution in [-0.4, -0.2) is 37.2 Å². The van der Waals surface area contributed by atoms with Crippen molar-refractivity contribution in [1.29, 1.82) is 0 Å². The molecule has 0 aliphatic carbocycles. The molecule has 75 heavy (non-hydrogen) atoms. The van der Waals surface area contributed by atoms with Crippen molar-refractivity contribution in [2.45, 2.75) is 309 Å². The molecule has 0 heterocycles. The van der Waals surface area contributed by atoms with E-state index in [0.717, 1.165) is 116 Å². The van der Waals surface area contributed by atoms with Crippen LogP contribution < -0.4 is 0 Å². The van der Waals surface area contributed by atoms with Gasteiger partial charge >= 0.3 is 17.9 Å². The second-order valence-electron chi connectivity index (χ2n) is 20.9. The van der Waals surface area contributed by atoms with Crippen LogP contribution in [0.1, 0.15) is 303 Å². The normalized spacial score (nSPS) is 12.7. The number of hydrogen-bond acceptors (Lipinski definition) is 6. The molecule has 0 aromatic heterocycles. The number of carbonyl (C=O) groups is 3. The zero-order valence-corrected chi connectivity index (χ0v) is 49.3. The van der Waals surface area contributed by atoms with Gasteiger partial charge in [-0.25, -0.2) is 0 Å². The van der Waals surface area contributed by atoms with Crippen LogP contribution in [0.5, 0.6) is 0 Å². The molecule has 0 radical (unpaired) electrons. The molecule has 6 nitrogen and oxygen atoms in total. The Morgan fingerprint density at radius 3 is 0.880 bits per heavy atom. The predicted molar refractivity (Wildman–Crippen MR) is 325 cm³/mol. The molecule has 0 aliphatic rings. The fourth-order valence-electron chi connectivity index (χ4n) is 8.84. The quantitative estimate of drug-likeness (QED) is 0.0261. The molecule has 0 amide bonds. The first-order valence-corrected chi connectivity index (χ1v) is 31.7. The molecule has 6 heteroatoms. The predicted octanol–water partition coefficient (Wildman–Crippen LogP) is 21.7. The topological polar surface area (TPSA) is 78.9 Å². The molecule has 430 valence electrons. The maximum Gasteiger partial charge on any atom is 0.306 e. The fraction of sp³-hybridized carbons (Fsp3) is 0.725. The molecule has 0 fully saturated rings. The average Bonchev–Trinajstić information content (AvgIpc) is 3.41. The molecule has 0 aromatic carbocycles. The SMILES string of the molecule is CC/C=C\C/C=C\C/C=C\C/C=C\C/C=C\C/C=C\C/C=C\CCCCCCCCCCCCCC(=O)OCC(COC(=O)CCCCCCC/C=C\CCC)OC(=O)CCCCCCCCCCCCCCCC. The number of ether oxygens (including phenoxy) is 3. The Morgan fingerprint density at radius 1 is 0.280 bits per heavy atom. The van der Waals surface area contributed by atoms with E-state index in [1.54, 1.807) is 0 Å². The van der Waals surface area contributed by atoms with Crippen molar-refractivity contribution in [1.82, 2.24) is 0 Å². The summed E-state index contributed by atoms with van der Waals surface area (Å²) < 4.78 is 16.9. The summed E-state index contributed by atoms with van der Waals surface area (Å²) in [6, 6.07) is 0. The van der Waals surface area contributed by atoms with E-state index >= 15 is 0 Å². The number of rotatable bonds is 57. The van der Waals surface area contributed by atoms with Gasteiger partial charge in [0.15, 0.2) is 6.10 Å². The Balaban J connectivity index is 4.14. The maximum atomic E-state index is 12.8. The van der Waals surface area contributed by atoms with Crippen LogP contribution in [0.25, 0.3) is 0 Å². The van der Waals surface area contributed by atoms with E-state index in [-0.39, 0.29) is 31.1 Å². The van der Waals surface area contributed by atoms with Crippen LogP contribution in [0.4, 0.5) is 0 Å². The molecule has 0 saturated carbocycles. The van der Waals surface area contributed by atoms with Crippen LogP contribution in [0, 0.1) is 0 Å². The van der Waals surface area contributed by atoms with E-state index in [1.807, 2.05) is 0 Å². The van der Waals surface area contributed by atoms with Crippen molar-refractivity contribution in [2.75, 3.05) is 13.2 Å². The highest BCUT2D eigenvalue weighted by atomic mass is 16.6. The molecule has 0 rings (SSSR count). The first-order chi connectivity index (χ1) is 37.0. The highest BCUT2D eigenvalue weighted by Crippen LogP contribution is 2.16. The largest absolute Gasteiger partial charge is 0.462 e. The molecular formula is C69H118O6. The molecule has 0 aliphatic heterocycles. The molecule has 1 atom stereocenters. The first-order valence-electron chi connectivity index (χ1n) is 31.7. The summed E-state index contributed by atoms with van der Waals surface area (Å²) in [6.07, 6.45) is 84.3. The van der Waals surface area contributed by atoms with Gasteiger partial charge < -0.3 is 14.2 Å². The van der Waals surface area contributed by atoms with Gasteiger partial charge in [-0.05, 0) is 96.3 Å². The van der Waals surface area contributed by atoms with E-state index in [4.69, 9.17) is 14.2 Å². The number of carbonyl (C=O) groups excluding carboxylic acids is 3. The average molecular weight is 1040 g/mol. The van der Waals surface area contributed by atoms with Crippen LogP contribution in [0.15, 0.2) is 97.2 Å². The van der Waals surface area contributed by atoms with Crippen LogP contribution in [-0.2, 0) is 28.6 Å². The smallest absolute Gasteiger partial charge is 0.306 e. The lowest BCUT2D eigenvalue weighted by atomic mass is 10.0.